The third-order valence-electron chi connectivity index (χ3n) is 2.74. The minimum atomic E-state index is -0.0675. The maximum atomic E-state index is 8.85. The number of morpholine rings is 1. The zero-order valence-electron chi connectivity index (χ0n) is 8.99. The van der Waals surface area contributed by atoms with Crippen molar-refractivity contribution in [2.75, 3.05) is 33.4 Å². The predicted octanol–water partition coefficient (Wildman–Crippen LogP) is 0.209. The molecule has 1 heterocycles. The highest BCUT2D eigenvalue weighted by Gasteiger charge is 2.23. The third kappa shape index (κ3) is 2.95. The highest BCUT2D eigenvalue weighted by Crippen LogP contribution is 2.10. The number of rotatable bonds is 4. The fourth-order valence-electron chi connectivity index (χ4n) is 1.74. The van der Waals surface area contributed by atoms with Gasteiger partial charge in [-0.05, 0) is 13.5 Å². The fraction of sp³-hybridized carbons (Fsp3) is 0.900. The molecule has 1 fully saturated rings. The first-order valence-corrected chi connectivity index (χ1v) is 5.20. The lowest BCUT2D eigenvalue weighted by molar-refractivity contribution is -0.0101. The van der Waals surface area contributed by atoms with Crippen molar-refractivity contribution in [3.05, 3.63) is 0 Å². The molecule has 14 heavy (non-hydrogen) atoms. The van der Waals surface area contributed by atoms with E-state index < -0.39 is 0 Å². The van der Waals surface area contributed by atoms with E-state index in [0.29, 0.717) is 6.04 Å². The van der Waals surface area contributed by atoms with E-state index >= 15 is 0 Å². The van der Waals surface area contributed by atoms with E-state index in [1.165, 1.54) is 0 Å². The average Bonchev–Trinajstić information content (AvgIpc) is 2.26. The molecule has 0 radical (unpaired) electrons. The number of nitriles is 1. The van der Waals surface area contributed by atoms with Crippen LogP contribution in [0.25, 0.3) is 0 Å². The summed E-state index contributed by atoms with van der Waals surface area (Å²) in [6, 6.07) is 2.66. The van der Waals surface area contributed by atoms with E-state index in [1.54, 1.807) is 0 Å². The molecule has 1 aliphatic heterocycles. The lowest BCUT2D eigenvalue weighted by atomic mass is 10.1. The summed E-state index contributed by atoms with van der Waals surface area (Å²) >= 11 is 0. The van der Waals surface area contributed by atoms with Crippen LogP contribution in [0.1, 0.15) is 13.3 Å². The Labute approximate surface area is 85.8 Å². The molecular weight excluding hydrogens is 178 g/mol. The molecule has 4 heteroatoms. The largest absolute Gasteiger partial charge is 0.378 e. The summed E-state index contributed by atoms with van der Waals surface area (Å²) in [7, 11) is 1.83. The van der Waals surface area contributed by atoms with Crippen molar-refractivity contribution in [3.63, 3.8) is 0 Å². The van der Waals surface area contributed by atoms with Gasteiger partial charge in [-0.25, -0.2) is 0 Å². The number of nitrogens with one attached hydrogen (secondary N) is 1. The fourth-order valence-corrected chi connectivity index (χ4v) is 1.74. The highest BCUT2D eigenvalue weighted by molar-refractivity contribution is 4.92. The summed E-state index contributed by atoms with van der Waals surface area (Å²) in [5.41, 5.74) is 0. The van der Waals surface area contributed by atoms with E-state index in [2.05, 4.69) is 23.2 Å². The Morgan fingerprint density at radius 3 is 3.07 bits per heavy atom. The average molecular weight is 197 g/mol. The minimum absolute atomic E-state index is 0.0675. The molecule has 1 saturated heterocycles. The van der Waals surface area contributed by atoms with Gasteiger partial charge in [-0.15, -0.1) is 0 Å². The molecule has 0 amide bonds. The monoisotopic (exact) mass is 197 g/mol. The molecule has 1 aliphatic rings. The van der Waals surface area contributed by atoms with Gasteiger partial charge < -0.3 is 10.1 Å². The maximum Gasteiger partial charge on any atom is 0.108 e. The number of ether oxygens (including phenoxy) is 1. The van der Waals surface area contributed by atoms with Crippen molar-refractivity contribution < 1.29 is 4.74 Å². The van der Waals surface area contributed by atoms with E-state index in [-0.39, 0.29) is 6.04 Å². The number of hydrogen-bond acceptors (Lipinski definition) is 4. The van der Waals surface area contributed by atoms with Gasteiger partial charge in [0.25, 0.3) is 0 Å². The molecular formula is C10H19N3O. The van der Waals surface area contributed by atoms with Crippen molar-refractivity contribution in [2.45, 2.75) is 25.4 Å². The van der Waals surface area contributed by atoms with E-state index in [0.717, 1.165) is 32.7 Å². The molecule has 2 unspecified atom stereocenters. The second-order valence-electron chi connectivity index (χ2n) is 3.60. The number of nitrogens with zero attached hydrogens (tertiary/aromatic N) is 2. The Hall–Kier alpha value is -0.630. The number of likely N-dealkylation sites (N-methyl/N-ethyl adjacent to an activating group) is 1. The molecule has 0 spiro atoms. The van der Waals surface area contributed by atoms with Crippen LogP contribution >= 0.6 is 0 Å². The van der Waals surface area contributed by atoms with Gasteiger partial charge >= 0.3 is 0 Å². The molecule has 80 valence electrons. The summed E-state index contributed by atoms with van der Waals surface area (Å²) in [6.45, 7) is 5.50. The van der Waals surface area contributed by atoms with Crippen LogP contribution in [0.3, 0.4) is 0 Å². The summed E-state index contributed by atoms with van der Waals surface area (Å²) < 4.78 is 5.41. The Balaban J connectivity index is 2.44. The summed E-state index contributed by atoms with van der Waals surface area (Å²) in [4.78, 5) is 2.34. The van der Waals surface area contributed by atoms with Crippen LogP contribution in [0.2, 0.25) is 0 Å². The Morgan fingerprint density at radius 1 is 1.71 bits per heavy atom. The molecule has 0 aromatic heterocycles. The van der Waals surface area contributed by atoms with Crippen LogP contribution in [-0.4, -0.2) is 50.3 Å². The van der Waals surface area contributed by atoms with E-state index in [4.69, 9.17) is 10.00 Å². The summed E-state index contributed by atoms with van der Waals surface area (Å²) in [6.07, 6.45) is 1.09. The third-order valence-corrected chi connectivity index (χ3v) is 2.74. The first-order chi connectivity index (χ1) is 6.81. The van der Waals surface area contributed by atoms with Crippen molar-refractivity contribution in [1.82, 2.24) is 10.2 Å². The molecule has 2 atom stereocenters. The van der Waals surface area contributed by atoms with Gasteiger partial charge in [0.15, 0.2) is 0 Å². The van der Waals surface area contributed by atoms with Crippen LogP contribution in [0.15, 0.2) is 0 Å². The summed E-state index contributed by atoms with van der Waals surface area (Å²) in [5, 5.41) is 11.8. The van der Waals surface area contributed by atoms with E-state index in [1.807, 2.05) is 7.05 Å². The molecule has 0 aromatic rings. The number of hydrogen-bond donors (Lipinski definition) is 1. The van der Waals surface area contributed by atoms with Crippen molar-refractivity contribution >= 4 is 0 Å². The lowest BCUT2D eigenvalue weighted by Gasteiger charge is -2.35. The van der Waals surface area contributed by atoms with Gasteiger partial charge in [0.2, 0.25) is 0 Å². The van der Waals surface area contributed by atoms with Gasteiger partial charge in [-0.2, -0.15) is 5.26 Å². The second kappa shape index (κ2) is 5.97. The zero-order chi connectivity index (χ0) is 10.4. The van der Waals surface area contributed by atoms with Crippen LogP contribution in [-0.2, 0) is 4.74 Å². The molecule has 0 saturated carbocycles. The van der Waals surface area contributed by atoms with Gasteiger partial charge in [0, 0.05) is 19.1 Å². The lowest BCUT2D eigenvalue weighted by Crippen LogP contribution is -2.50. The highest BCUT2D eigenvalue weighted by atomic mass is 16.5. The zero-order valence-corrected chi connectivity index (χ0v) is 8.99. The summed E-state index contributed by atoms with van der Waals surface area (Å²) in [5.74, 6) is 0. The molecule has 1 rings (SSSR count). The molecule has 0 aromatic carbocycles. The van der Waals surface area contributed by atoms with Crippen molar-refractivity contribution in [1.29, 1.82) is 5.26 Å². The molecule has 0 bridgehead atoms. The van der Waals surface area contributed by atoms with E-state index in [9.17, 15) is 0 Å². The predicted molar refractivity (Wildman–Crippen MR) is 54.9 cm³/mol. The van der Waals surface area contributed by atoms with Crippen molar-refractivity contribution in [2.24, 2.45) is 0 Å². The molecule has 0 aliphatic carbocycles. The SMILES string of the molecule is CCC1COCCN1CC(C#N)NC. The second-order valence-corrected chi connectivity index (χ2v) is 3.60. The van der Waals surface area contributed by atoms with Crippen LogP contribution in [0, 0.1) is 11.3 Å². The van der Waals surface area contributed by atoms with Gasteiger partial charge in [-0.1, -0.05) is 6.92 Å². The smallest absolute Gasteiger partial charge is 0.108 e. The maximum absolute atomic E-state index is 8.85. The first kappa shape index (κ1) is 11.4. The Morgan fingerprint density at radius 2 is 2.50 bits per heavy atom. The van der Waals surface area contributed by atoms with Gasteiger partial charge in [-0.3, -0.25) is 4.90 Å². The standard InChI is InChI=1S/C10H19N3O/c1-3-10-8-14-5-4-13(10)7-9(6-11)12-2/h9-10,12H,3-5,7-8H2,1-2H3. The van der Waals surface area contributed by atoms with Crippen LogP contribution in [0.5, 0.6) is 0 Å². The van der Waals surface area contributed by atoms with Crippen LogP contribution in [0.4, 0.5) is 0 Å². The Kier molecular flexibility index (Phi) is 4.88. The molecule has 1 N–H and O–H groups in total. The van der Waals surface area contributed by atoms with Gasteiger partial charge in [0.1, 0.15) is 6.04 Å². The Bertz CT molecular complexity index is 202. The topological polar surface area (TPSA) is 48.3 Å². The normalized spacial score (nSPS) is 25.6. The first-order valence-electron chi connectivity index (χ1n) is 5.20. The molecule has 4 nitrogen and oxygen atoms in total. The quantitative estimate of drug-likeness (QED) is 0.700. The van der Waals surface area contributed by atoms with Gasteiger partial charge in [0.05, 0.1) is 19.3 Å². The van der Waals surface area contributed by atoms with Crippen LogP contribution < -0.4 is 5.32 Å². The van der Waals surface area contributed by atoms with Crippen molar-refractivity contribution in [3.8, 4) is 6.07 Å². The minimum Gasteiger partial charge on any atom is -0.378 e.